The Morgan fingerprint density at radius 1 is 1.12 bits per heavy atom. The summed E-state index contributed by atoms with van der Waals surface area (Å²) < 4.78 is 38.2. The number of H-pyrrole nitrogens is 1. The highest BCUT2D eigenvalue weighted by Crippen LogP contribution is 2.36. The number of likely N-dealkylation sites (tertiary alicyclic amines) is 2. The molecule has 2 fully saturated rings. The van der Waals surface area contributed by atoms with Crippen molar-refractivity contribution in [2.45, 2.75) is 95.7 Å². The summed E-state index contributed by atoms with van der Waals surface area (Å²) in [7, 11) is -3.62. The second-order valence-electron chi connectivity index (χ2n) is 12.7. The molecule has 218 valence electrons. The zero-order valence-corrected chi connectivity index (χ0v) is 25.7. The van der Waals surface area contributed by atoms with Crippen molar-refractivity contribution in [3.63, 3.8) is 0 Å². The normalized spacial score (nSPS) is 23.9. The molecule has 3 unspecified atom stereocenters. The van der Waals surface area contributed by atoms with Crippen molar-refractivity contribution >= 4 is 20.9 Å². The number of benzene rings is 2. The average molecular weight is 569 g/mol. The van der Waals surface area contributed by atoms with Crippen molar-refractivity contribution in [2.24, 2.45) is 5.92 Å². The van der Waals surface area contributed by atoms with Gasteiger partial charge in [-0.05, 0) is 106 Å². The number of hydrogen-bond acceptors (Lipinski definition) is 5. The van der Waals surface area contributed by atoms with Crippen LogP contribution in [0.3, 0.4) is 0 Å². The molecule has 40 heavy (non-hydrogen) atoms. The number of fused-ring (bicyclic) bond motifs is 1. The van der Waals surface area contributed by atoms with Gasteiger partial charge in [0.25, 0.3) is 0 Å². The fourth-order valence-corrected chi connectivity index (χ4v) is 7.85. The van der Waals surface area contributed by atoms with Gasteiger partial charge in [-0.2, -0.15) is 0 Å². The molecule has 2 aromatic carbocycles. The Hall–Kier alpha value is -2.29. The zero-order chi connectivity index (χ0) is 28.8. The van der Waals surface area contributed by atoms with Gasteiger partial charge < -0.3 is 9.88 Å². The maximum atomic E-state index is 14.5. The van der Waals surface area contributed by atoms with E-state index in [1.165, 1.54) is 43.5 Å². The molecule has 0 saturated carbocycles. The molecular formula is C32H45FN4O2S. The number of aryl methyl sites for hydroxylation is 1. The van der Waals surface area contributed by atoms with Crippen LogP contribution in [0.25, 0.3) is 22.4 Å². The van der Waals surface area contributed by atoms with Crippen LogP contribution in [0.1, 0.15) is 76.8 Å². The van der Waals surface area contributed by atoms with Crippen LogP contribution in [0.4, 0.5) is 4.39 Å². The third-order valence-corrected chi connectivity index (χ3v) is 10.3. The van der Waals surface area contributed by atoms with E-state index >= 15 is 0 Å². The molecule has 3 aromatic rings. The Morgan fingerprint density at radius 2 is 1.85 bits per heavy atom. The van der Waals surface area contributed by atoms with Crippen LogP contribution in [0.2, 0.25) is 0 Å². The van der Waals surface area contributed by atoms with E-state index in [9.17, 15) is 12.8 Å². The van der Waals surface area contributed by atoms with Crippen molar-refractivity contribution in [3.8, 4) is 11.4 Å². The molecule has 1 N–H and O–H groups in total. The van der Waals surface area contributed by atoms with Crippen LogP contribution >= 0.6 is 0 Å². The van der Waals surface area contributed by atoms with Gasteiger partial charge in [-0.1, -0.05) is 26.8 Å². The molecule has 2 aliphatic rings. The summed E-state index contributed by atoms with van der Waals surface area (Å²) in [6.07, 6.45) is 7.10. The first kappa shape index (κ1) is 29.2. The predicted octanol–water partition coefficient (Wildman–Crippen LogP) is 6.55. The maximum Gasteiger partial charge on any atom is 0.178 e. The standard InChI is InChI=1S/C32H45FN4O2S/c1-7-26-18-27(15-22(5)37(26)19-20(2)3)36-12-10-23(11-13-36)25-14-21(4)31-29(17-25)34-32(35-31)24-8-9-30(28(33)16-24)40(6,38)39/h8-9,14,16-17,20,22-23,26-27H,7,10-13,15,18-19H2,1-6H3,(H,34,35). The molecular weight excluding hydrogens is 523 g/mol. The molecule has 0 radical (unpaired) electrons. The van der Waals surface area contributed by atoms with Gasteiger partial charge in [-0.3, -0.25) is 4.90 Å². The van der Waals surface area contributed by atoms with E-state index < -0.39 is 15.7 Å². The third-order valence-electron chi connectivity index (χ3n) is 9.16. The molecule has 2 aliphatic heterocycles. The van der Waals surface area contributed by atoms with E-state index in [1.54, 1.807) is 6.07 Å². The summed E-state index contributed by atoms with van der Waals surface area (Å²) in [5.41, 5.74) is 4.79. The monoisotopic (exact) mass is 568 g/mol. The fraction of sp³-hybridized carbons (Fsp3) is 0.594. The first-order valence-electron chi connectivity index (χ1n) is 14.9. The van der Waals surface area contributed by atoms with Crippen LogP contribution in [-0.4, -0.2) is 72.2 Å². The van der Waals surface area contributed by atoms with Gasteiger partial charge in [0.15, 0.2) is 9.84 Å². The number of halogens is 1. The first-order chi connectivity index (χ1) is 18.9. The van der Waals surface area contributed by atoms with Crippen LogP contribution < -0.4 is 0 Å². The van der Waals surface area contributed by atoms with Crippen molar-refractivity contribution in [1.29, 1.82) is 0 Å². The highest BCUT2D eigenvalue weighted by Gasteiger charge is 2.36. The molecule has 3 atom stereocenters. The van der Waals surface area contributed by atoms with Gasteiger partial charge in [0.2, 0.25) is 0 Å². The second kappa shape index (κ2) is 11.5. The van der Waals surface area contributed by atoms with E-state index in [0.29, 0.717) is 41.3 Å². The summed E-state index contributed by atoms with van der Waals surface area (Å²) >= 11 is 0. The average Bonchev–Trinajstić information content (AvgIpc) is 3.34. The van der Waals surface area contributed by atoms with Gasteiger partial charge >= 0.3 is 0 Å². The van der Waals surface area contributed by atoms with Crippen LogP contribution in [0.5, 0.6) is 0 Å². The van der Waals surface area contributed by atoms with Crippen LogP contribution in [-0.2, 0) is 9.84 Å². The number of aromatic amines is 1. The molecule has 0 spiro atoms. The minimum absolute atomic E-state index is 0.294. The van der Waals surface area contributed by atoms with Crippen LogP contribution in [0.15, 0.2) is 35.2 Å². The number of imidazole rings is 1. The van der Waals surface area contributed by atoms with Crippen molar-refractivity contribution in [3.05, 3.63) is 47.3 Å². The van der Waals surface area contributed by atoms with Crippen molar-refractivity contribution in [2.75, 3.05) is 25.9 Å². The summed E-state index contributed by atoms with van der Waals surface area (Å²) in [6, 6.07) is 10.6. The van der Waals surface area contributed by atoms with Crippen molar-refractivity contribution in [1.82, 2.24) is 19.8 Å². The second-order valence-corrected chi connectivity index (χ2v) is 14.7. The van der Waals surface area contributed by atoms with Gasteiger partial charge in [0.05, 0.1) is 11.0 Å². The summed E-state index contributed by atoms with van der Waals surface area (Å²) in [6.45, 7) is 15.0. The quantitative estimate of drug-likeness (QED) is 0.350. The molecule has 3 heterocycles. The zero-order valence-electron chi connectivity index (χ0n) is 24.9. The number of piperidine rings is 2. The van der Waals surface area contributed by atoms with Crippen molar-refractivity contribution < 1.29 is 12.8 Å². The lowest BCUT2D eigenvalue weighted by Crippen LogP contribution is -2.55. The smallest absolute Gasteiger partial charge is 0.178 e. The molecule has 0 aliphatic carbocycles. The molecule has 8 heteroatoms. The summed E-state index contributed by atoms with van der Waals surface area (Å²) in [5.74, 6) is 1.01. The predicted molar refractivity (Wildman–Crippen MR) is 161 cm³/mol. The Morgan fingerprint density at radius 3 is 2.48 bits per heavy atom. The first-order valence-corrected chi connectivity index (χ1v) is 16.8. The highest BCUT2D eigenvalue weighted by molar-refractivity contribution is 7.90. The lowest BCUT2D eigenvalue weighted by Gasteiger charge is -2.49. The van der Waals surface area contributed by atoms with Gasteiger partial charge in [-0.25, -0.2) is 17.8 Å². The van der Waals surface area contributed by atoms with E-state index in [0.717, 1.165) is 48.8 Å². The molecule has 6 nitrogen and oxygen atoms in total. The van der Waals surface area contributed by atoms with E-state index in [-0.39, 0.29) is 4.90 Å². The Labute approximate surface area is 239 Å². The number of hydrogen-bond donors (Lipinski definition) is 1. The third kappa shape index (κ3) is 6.00. The van der Waals surface area contributed by atoms with E-state index in [2.05, 4.69) is 61.5 Å². The van der Waals surface area contributed by atoms with E-state index in [1.807, 2.05) is 0 Å². The minimum atomic E-state index is -3.62. The lowest BCUT2D eigenvalue weighted by molar-refractivity contribution is 0.0113. The molecule has 0 amide bonds. The minimum Gasteiger partial charge on any atom is -0.338 e. The number of nitrogens with one attached hydrogen (secondary N) is 1. The van der Waals surface area contributed by atoms with Gasteiger partial charge in [0.1, 0.15) is 16.5 Å². The SMILES string of the molecule is CCC1CC(N2CCC(c3cc(C)c4nc(-c5ccc(S(C)(=O)=O)c(F)c5)[nH]c4c3)CC2)CC(C)N1CC(C)C. The number of aromatic nitrogens is 2. The van der Waals surface area contributed by atoms with E-state index in [4.69, 9.17) is 4.98 Å². The Balaban J connectivity index is 1.29. The van der Waals surface area contributed by atoms with Gasteiger partial charge in [-0.15, -0.1) is 0 Å². The lowest BCUT2D eigenvalue weighted by atomic mass is 9.84. The molecule has 1 aromatic heterocycles. The number of nitrogens with zero attached hydrogens (tertiary/aromatic N) is 3. The summed E-state index contributed by atoms with van der Waals surface area (Å²) in [4.78, 5) is 13.3. The molecule has 0 bridgehead atoms. The molecule has 2 saturated heterocycles. The largest absolute Gasteiger partial charge is 0.338 e. The number of sulfone groups is 1. The van der Waals surface area contributed by atoms with Crippen LogP contribution in [0, 0.1) is 18.7 Å². The topological polar surface area (TPSA) is 69.3 Å². The van der Waals surface area contributed by atoms with Gasteiger partial charge in [0, 0.05) is 36.5 Å². The fourth-order valence-electron chi connectivity index (χ4n) is 7.12. The Bertz CT molecular complexity index is 1460. The summed E-state index contributed by atoms with van der Waals surface area (Å²) in [5, 5.41) is 0. The number of rotatable bonds is 7. The highest BCUT2D eigenvalue weighted by atomic mass is 32.2. The maximum absolute atomic E-state index is 14.5. The molecule has 5 rings (SSSR count). The Kier molecular flexibility index (Phi) is 8.42.